The number of aromatic nitrogens is 4. The molecule has 0 bridgehead atoms. The van der Waals surface area contributed by atoms with Gasteiger partial charge >= 0.3 is 0 Å². The van der Waals surface area contributed by atoms with Crippen LogP contribution in [0.25, 0.3) is 0 Å². The van der Waals surface area contributed by atoms with Gasteiger partial charge in [-0.1, -0.05) is 13.8 Å². The van der Waals surface area contributed by atoms with E-state index in [0.29, 0.717) is 11.3 Å². The van der Waals surface area contributed by atoms with E-state index in [1.807, 2.05) is 20.8 Å². The largest absolute Gasteiger partial charge is 0.398 e. The first-order valence-electron chi connectivity index (χ1n) is 6.81. The molecule has 0 saturated heterocycles. The summed E-state index contributed by atoms with van der Waals surface area (Å²) < 4.78 is 0. The van der Waals surface area contributed by atoms with Gasteiger partial charge in [0.25, 0.3) is 5.91 Å². The van der Waals surface area contributed by atoms with Crippen LogP contribution in [-0.4, -0.2) is 26.1 Å². The van der Waals surface area contributed by atoms with E-state index in [9.17, 15) is 4.79 Å². The molecule has 3 N–H and O–H groups in total. The summed E-state index contributed by atoms with van der Waals surface area (Å²) in [5, 5.41) is 10.6. The quantitative estimate of drug-likeness (QED) is 0.882. The summed E-state index contributed by atoms with van der Waals surface area (Å²) in [4.78, 5) is 20.5. The van der Waals surface area contributed by atoms with Crippen LogP contribution >= 0.6 is 0 Å². The molecule has 0 aliphatic rings. The number of amides is 1. The van der Waals surface area contributed by atoms with Crippen LogP contribution < -0.4 is 11.1 Å². The first-order chi connectivity index (χ1) is 10.0. The maximum absolute atomic E-state index is 12.2. The van der Waals surface area contributed by atoms with E-state index in [2.05, 4.69) is 25.5 Å². The first-order valence-corrected chi connectivity index (χ1v) is 6.81. The second-order valence-corrected chi connectivity index (χ2v) is 4.60. The van der Waals surface area contributed by atoms with Crippen LogP contribution in [0.4, 0.5) is 11.6 Å². The van der Waals surface area contributed by atoms with Crippen LogP contribution in [0.15, 0.2) is 12.3 Å². The summed E-state index contributed by atoms with van der Waals surface area (Å²) in [6.07, 6.45) is 2.93. The molecule has 0 spiro atoms. The highest BCUT2D eigenvalue weighted by Crippen LogP contribution is 2.13. The maximum Gasteiger partial charge on any atom is 0.261 e. The monoisotopic (exact) mass is 286 g/mol. The van der Waals surface area contributed by atoms with Gasteiger partial charge in [-0.25, -0.2) is 4.98 Å². The van der Waals surface area contributed by atoms with Gasteiger partial charge in [0.2, 0.25) is 5.95 Å². The molecular weight excluding hydrogens is 268 g/mol. The molecule has 7 heteroatoms. The Bertz CT molecular complexity index is 671. The van der Waals surface area contributed by atoms with Crippen LogP contribution in [0, 0.1) is 6.92 Å². The molecule has 2 aromatic rings. The van der Waals surface area contributed by atoms with E-state index in [4.69, 9.17) is 5.73 Å². The molecule has 0 atom stereocenters. The Kier molecular flexibility index (Phi) is 4.42. The van der Waals surface area contributed by atoms with E-state index >= 15 is 0 Å². The lowest BCUT2D eigenvalue weighted by Crippen LogP contribution is -2.18. The highest BCUT2D eigenvalue weighted by atomic mass is 16.1. The van der Waals surface area contributed by atoms with Crippen molar-refractivity contribution in [1.82, 2.24) is 20.2 Å². The van der Waals surface area contributed by atoms with Crippen molar-refractivity contribution < 1.29 is 4.79 Å². The van der Waals surface area contributed by atoms with Crippen LogP contribution in [0.1, 0.15) is 41.3 Å². The van der Waals surface area contributed by atoms with Crippen molar-refractivity contribution in [1.29, 1.82) is 0 Å². The Morgan fingerprint density at radius 3 is 2.57 bits per heavy atom. The fraction of sp³-hybridized carbons (Fsp3) is 0.357. The average molecular weight is 286 g/mol. The Morgan fingerprint density at radius 2 is 1.95 bits per heavy atom. The lowest BCUT2D eigenvalue weighted by Gasteiger charge is -2.08. The topological polar surface area (TPSA) is 107 Å². The number of anilines is 2. The predicted molar refractivity (Wildman–Crippen MR) is 79.9 cm³/mol. The molecule has 0 saturated carbocycles. The minimum Gasteiger partial charge on any atom is -0.398 e. The minimum absolute atomic E-state index is 0.175. The highest BCUT2D eigenvalue weighted by Gasteiger charge is 2.13. The van der Waals surface area contributed by atoms with E-state index in [0.717, 1.165) is 29.9 Å². The van der Waals surface area contributed by atoms with Crippen molar-refractivity contribution in [2.24, 2.45) is 0 Å². The molecule has 0 aliphatic carbocycles. The fourth-order valence-corrected chi connectivity index (χ4v) is 1.93. The first kappa shape index (κ1) is 14.8. The zero-order valence-corrected chi connectivity index (χ0v) is 12.3. The second kappa shape index (κ2) is 6.25. The Morgan fingerprint density at radius 1 is 1.24 bits per heavy atom. The van der Waals surface area contributed by atoms with Crippen LogP contribution in [0.3, 0.4) is 0 Å². The molecule has 0 fully saturated rings. The molecule has 0 aliphatic heterocycles. The lowest BCUT2D eigenvalue weighted by atomic mass is 10.2. The smallest absolute Gasteiger partial charge is 0.261 e. The standard InChI is InChI=1S/C14H18N6O/c1-4-11-12(5-2)19-20-14(17-11)18-13(21)9-7-16-8(3)6-10(9)15/h6-7H,4-5H2,1-3H3,(H2,15,16)(H,17,18,20,21). The molecule has 0 aromatic carbocycles. The van der Waals surface area contributed by atoms with Crippen molar-refractivity contribution in [3.8, 4) is 0 Å². The summed E-state index contributed by atoms with van der Waals surface area (Å²) in [5.41, 5.74) is 8.91. The number of hydrogen-bond donors (Lipinski definition) is 2. The zero-order valence-electron chi connectivity index (χ0n) is 12.3. The fourth-order valence-electron chi connectivity index (χ4n) is 1.93. The van der Waals surface area contributed by atoms with Gasteiger partial charge in [0, 0.05) is 17.6 Å². The number of carbonyl (C=O) groups excluding carboxylic acids is 1. The van der Waals surface area contributed by atoms with E-state index < -0.39 is 5.91 Å². The van der Waals surface area contributed by atoms with E-state index in [1.165, 1.54) is 6.20 Å². The Labute approximate surface area is 123 Å². The number of nitrogens with one attached hydrogen (secondary N) is 1. The molecule has 21 heavy (non-hydrogen) atoms. The van der Waals surface area contributed by atoms with Gasteiger partial charge in [-0.3, -0.25) is 15.1 Å². The minimum atomic E-state index is -0.395. The Hall–Kier alpha value is -2.57. The summed E-state index contributed by atoms with van der Waals surface area (Å²) in [6, 6.07) is 1.64. The van der Waals surface area contributed by atoms with Gasteiger partial charge < -0.3 is 5.73 Å². The number of carbonyl (C=O) groups is 1. The number of aryl methyl sites for hydroxylation is 3. The molecule has 1 amide bonds. The normalized spacial score (nSPS) is 10.4. The number of pyridine rings is 1. The van der Waals surface area contributed by atoms with Gasteiger partial charge in [0.15, 0.2) is 0 Å². The number of nitrogens with zero attached hydrogens (tertiary/aromatic N) is 4. The number of nitrogen functional groups attached to an aromatic ring is 1. The Balaban J connectivity index is 2.23. The zero-order chi connectivity index (χ0) is 15.4. The summed E-state index contributed by atoms with van der Waals surface area (Å²) in [6.45, 7) is 5.78. The second-order valence-electron chi connectivity index (χ2n) is 4.60. The highest BCUT2D eigenvalue weighted by molar-refractivity contribution is 6.06. The van der Waals surface area contributed by atoms with Gasteiger partial charge in [0.05, 0.1) is 17.0 Å². The SMILES string of the molecule is CCc1nnc(NC(=O)c2cnc(C)cc2N)nc1CC. The van der Waals surface area contributed by atoms with E-state index in [-0.39, 0.29) is 5.95 Å². The summed E-state index contributed by atoms with van der Waals surface area (Å²) >= 11 is 0. The van der Waals surface area contributed by atoms with Crippen molar-refractivity contribution >= 4 is 17.5 Å². The van der Waals surface area contributed by atoms with Crippen molar-refractivity contribution in [3.05, 3.63) is 34.9 Å². The molecule has 110 valence electrons. The van der Waals surface area contributed by atoms with Crippen LogP contribution in [0.2, 0.25) is 0 Å². The van der Waals surface area contributed by atoms with Crippen molar-refractivity contribution in [2.45, 2.75) is 33.6 Å². The molecule has 2 heterocycles. The van der Waals surface area contributed by atoms with Crippen molar-refractivity contribution in [3.63, 3.8) is 0 Å². The molecule has 0 unspecified atom stereocenters. The summed E-state index contributed by atoms with van der Waals surface area (Å²) in [5.74, 6) is -0.220. The van der Waals surface area contributed by atoms with Crippen LogP contribution in [0.5, 0.6) is 0 Å². The van der Waals surface area contributed by atoms with E-state index in [1.54, 1.807) is 6.07 Å². The molecule has 0 radical (unpaired) electrons. The molecule has 7 nitrogen and oxygen atoms in total. The maximum atomic E-state index is 12.2. The summed E-state index contributed by atoms with van der Waals surface area (Å²) in [7, 11) is 0. The van der Waals surface area contributed by atoms with Gasteiger partial charge in [0.1, 0.15) is 0 Å². The molecular formula is C14H18N6O. The molecule has 2 aromatic heterocycles. The predicted octanol–water partition coefficient (Wildman–Crippen LogP) is 1.53. The number of hydrogen-bond acceptors (Lipinski definition) is 6. The lowest BCUT2D eigenvalue weighted by molar-refractivity contribution is 0.102. The third-order valence-electron chi connectivity index (χ3n) is 3.05. The van der Waals surface area contributed by atoms with Gasteiger partial charge in [-0.15, -0.1) is 10.2 Å². The molecule has 2 rings (SSSR count). The van der Waals surface area contributed by atoms with Crippen LogP contribution in [-0.2, 0) is 12.8 Å². The van der Waals surface area contributed by atoms with Gasteiger partial charge in [-0.2, -0.15) is 0 Å². The van der Waals surface area contributed by atoms with Crippen molar-refractivity contribution in [2.75, 3.05) is 11.1 Å². The van der Waals surface area contributed by atoms with Gasteiger partial charge in [-0.05, 0) is 25.8 Å². The average Bonchev–Trinajstić information content (AvgIpc) is 2.46. The third-order valence-corrected chi connectivity index (χ3v) is 3.05. The number of rotatable bonds is 4. The third kappa shape index (κ3) is 3.31. The number of nitrogens with two attached hydrogens (primary N) is 1.